The molecule has 0 fully saturated rings. The number of rotatable bonds is 0. The van der Waals surface area contributed by atoms with Gasteiger partial charge in [-0.3, -0.25) is 4.90 Å². The van der Waals surface area contributed by atoms with Crippen molar-refractivity contribution in [1.82, 2.24) is 14.9 Å². The molecule has 1 aromatic heterocycles. The highest BCUT2D eigenvalue weighted by Gasteiger charge is 2.46. The van der Waals surface area contributed by atoms with Crippen molar-refractivity contribution in [3.63, 3.8) is 0 Å². The van der Waals surface area contributed by atoms with Crippen LogP contribution in [0.2, 0.25) is 10.4 Å². The summed E-state index contributed by atoms with van der Waals surface area (Å²) in [6, 6.07) is 5.37. The van der Waals surface area contributed by atoms with Crippen LogP contribution < -0.4 is 0 Å². The fourth-order valence-corrected chi connectivity index (χ4v) is 4.61. The number of likely N-dealkylation sites (N-methyl/N-ethyl adjacent to an activating group) is 1. The Morgan fingerprint density at radius 3 is 2.91 bits per heavy atom. The molecule has 3 nitrogen and oxygen atoms in total. The van der Waals surface area contributed by atoms with Crippen LogP contribution in [0.1, 0.15) is 35.2 Å². The lowest BCUT2D eigenvalue weighted by Crippen LogP contribution is -2.51. The number of hydrogen-bond donors (Lipinski definition) is 0. The van der Waals surface area contributed by atoms with Crippen LogP contribution in [-0.4, -0.2) is 21.9 Å². The molecule has 0 saturated heterocycles. The van der Waals surface area contributed by atoms with E-state index in [-0.39, 0.29) is 16.6 Å². The van der Waals surface area contributed by atoms with Crippen LogP contribution >= 0.6 is 23.2 Å². The largest absolute Gasteiger partial charge is 0.292 e. The van der Waals surface area contributed by atoms with Gasteiger partial charge in [-0.1, -0.05) is 23.7 Å². The van der Waals surface area contributed by atoms with Gasteiger partial charge in [0.1, 0.15) is 11.0 Å². The molecule has 23 heavy (non-hydrogen) atoms. The predicted octanol–water partition coefficient (Wildman–Crippen LogP) is 4.14. The molecule has 1 unspecified atom stereocenters. The Morgan fingerprint density at radius 1 is 1.26 bits per heavy atom. The number of halogens is 3. The second kappa shape index (κ2) is 5.40. The Hall–Kier alpha value is -1.23. The van der Waals surface area contributed by atoms with E-state index in [0.29, 0.717) is 18.1 Å². The van der Waals surface area contributed by atoms with Gasteiger partial charge in [0.2, 0.25) is 5.28 Å². The van der Waals surface area contributed by atoms with Gasteiger partial charge in [0.25, 0.3) is 0 Å². The van der Waals surface area contributed by atoms with Gasteiger partial charge in [-0.05, 0) is 49.5 Å². The summed E-state index contributed by atoms with van der Waals surface area (Å²) in [6.45, 7) is 0.596. The average molecular weight is 352 g/mol. The zero-order valence-electron chi connectivity index (χ0n) is 12.7. The smallest absolute Gasteiger partial charge is 0.224 e. The van der Waals surface area contributed by atoms with Crippen LogP contribution in [0, 0.1) is 5.82 Å². The van der Waals surface area contributed by atoms with E-state index in [1.54, 1.807) is 12.1 Å². The second-order valence-electron chi connectivity index (χ2n) is 6.40. The Kier molecular flexibility index (Phi) is 3.59. The number of benzene rings is 1. The molecule has 1 aliphatic heterocycles. The van der Waals surface area contributed by atoms with E-state index in [2.05, 4.69) is 14.9 Å². The quantitative estimate of drug-likeness (QED) is 0.527. The number of aromatic nitrogens is 2. The molecule has 2 heterocycles. The third-order valence-electron chi connectivity index (χ3n) is 5.20. The molecule has 1 aromatic carbocycles. The van der Waals surface area contributed by atoms with E-state index < -0.39 is 0 Å². The predicted molar refractivity (Wildman–Crippen MR) is 88.2 cm³/mol. The first kappa shape index (κ1) is 15.3. The third kappa shape index (κ3) is 2.27. The Morgan fingerprint density at radius 2 is 2.09 bits per heavy atom. The van der Waals surface area contributed by atoms with Crippen molar-refractivity contribution in [3.05, 3.63) is 56.8 Å². The van der Waals surface area contributed by atoms with E-state index in [1.807, 2.05) is 13.1 Å². The summed E-state index contributed by atoms with van der Waals surface area (Å²) in [7, 11) is 2.02. The number of fused-ring (bicyclic) bond motifs is 3. The summed E-state index contributed by atoms with van der Waals surface area (Å²) in [4.78, 5) is 10.6. The van der Waals surface area contributed by atoms with Gasteiger partial charge in [-0.2, -0.15) is 0 Å². The molecule has 0 bridgehead atoms. The van der Waals surface area contributed by atoms with Crippen molar-refractivity contribution in [2.24, 2.45) is 0 Å². The molecule has 120 valence electrons. The molecular weight excluding hydrogens is 336 g/mol. The van der Waals surface area contributed by atoms with Crippen molar-refractivity contribution in [2.75, 3.05) is 7.05 Å². The van der Waals surface area contributed by atoms with Gasteiger partial charge >= 0.3 is 0 Å². The minimum absolute atomic E-state index is 0.135. The van der Waals surface area contributed by atoms with E-state index in [1.165, 1.54) is 0 Å². The van der Waals surface area contributed by atoms with Crippen molar-refractivity contribution in [2.45, 2.75) is 37.8 Å². The molecule has 0 amide bonds. The van der Waals surface area contributed by atoms with E-state index >= 15 is 0 Å². The first-order valence-electron chi connectivity index (χ1n) is 7.71. The lowest BCUT2D eigenvalue weighted by atomic mass is 9.70. The summed E-state index contributed by atoms with van der Waals surface area (Å²) >= 11 is 12.2. The highest BCUT2D eigenvalue weighted by molar-refractivity contribution is 6.32. The van der Waals surface area contributed by atoms with Crippen molar-refractivity contribution in [1.29, 1.82) is 0 Å². The van der Waals surface area contributed by atoms with Gasteiger partial charge in [0, 0.05) is 24.1 Å². The van der Waals surface area contributed by atoms with Crippen LogP contribution in [0.15, 0.2) is 18.2 Å². The zero-order chi connectivity index (χ0) is 16.2. The number of aryl methyl sites for hydroxylation is 1. The normalized spacial score (nSPS) is 23.7. The van der Waals surface area contributed by atoms with E-state index in [4.69, 9.17) is 23.2 Å². The second-order valence-corrected chi connectivity index (χ2v) is 7.10. The SMILES string of the molecule is CN1Cc2c(Cl)nc(Cl)nc2CC12CCCc1cccc(F)c12. The van der Waals surface area contributed by atoms with Crippen molar-refractivity contribution < 1.29 is 4.39 Å². The summed E-state index contributed by atoms with van der Waals surface area (Å²) in [5, 5.41) is 0.546. The average Bonchev–Trinajstić information content (AvgIpc) is 2.50. The zero-order valence-corrected chi connectivity index (χ0v) is 14.3. The van der Waals surface area contributed by atoms with Crippen molar-refractivity contribution >= 4 is 23.2 Å². The molecule has 2 aromatic rings. The maximum Gasteiger partial charge on any atom is 0.224 e. The van der Waals surface area contributed by atoms with Crippen LogP contribution in [0.4, 0.5) is 4.39 Å². The van der Waals surface area contributed by atoms with Gasteiger partial charge in [-0.15, -0.1) is 0 Å². The fraction of sp³-hybridized carbons (Fsp3) is 0.412. The minimum atomic E-state index is -0.382. The molecule has 0 N–H and O–H groups in total. The highest BCUT2D eigenvalue weighted by atomic mass is 35.5. The molecule has 6 heteroatoms. The minimum Gasteiger partial charge on any atom is -0.292 e. The maximum absolute atomic E-state index is 14.7. The lowest BCUT2D eigenvalue weighted by molar-refractivity contribution is 0.0689. The summed E-state index contributed by atoms with van der Waals surface area (Å²) < 4.78 is 14.7. The highest BCUT2D eigenvalue weighted by Crippen LogP contribution is 2.47. The Bertz CT molecular complexity index is 796. The molecule has 1 spiro atoms. The van der Waals surface area contributed by atoms with Crippen LogP contribution in [-0.2, 0) is 24.9 Å². The third-order valence-corrected chi connectivity index (χ3v) is 5.68. The lowest BCUT2D eigenvalue weighted by Gasteiger charge is -2.49. The number of hydrogen-bond acceptors (Lipinski definition) is 3. The van der Waals surface area contributed by atoms with E-state index in [0.717, 1.165) is 41.6 Å². The van der Waals surface area contributed by atoms with Crippen LogP contribution in [0.3, 0.4) is 0 Å². The van der Waals surface area contributed by atoms with E-state index in [9.17, 15) is 4.39 Å². The molecule has 2 aliphatic rings. The molecular formula is C17H16Cl2FN3. The maximum atomic E-state index is 14.7. The monoisotopic (exact) mass is 351 g/mol. The Balaban J connectivity index is 1.91. The fourth-order valence-electron chi connectivity index (χ4n) is 4.13. The van der Waals surface area contributed by atoms with Gasteiger partial charge < -0.3 is 0 Å². The summed E-state index contributed by atoms with van der Waals surface area (Å²) in [6.07, 6.45) is 3.45. The van der Waals surface area contributed by atoms with Gasteiger partial charge in [0.05, 0.1) is 11.2 Å². The van der Waals surface area contributed by atoms with Gasteiger partial charge in [-0.25, -0.2) is 14.4 Å². The molecule has 0 radical (unpaired) electrons. The van der Waals surface area contributed by atoms with Crippen LogP contribution in [0.25, 0.3) is 0 Å². The topological polar surface area (TPSA) is 29.0 Å². The summed E-state index contributed by atoms with van der Waals surface area (Å²) in [5.41, 5.74) is 3.26. The molecule has 4 rings (SSSR count). The van der Waals surface area contributed by atoms with Crippen molar-refractivity contribution in [3.8, 4) is 0 Å². The standard InChI is InChI=1S/C17H16Cl2FN3/c1-23-9-11-13(21-16(19)22-15(11)18)8-17(23)7-3-5-10-4-2-6-12(20)14(10)17/h2,4,6H,3,5,7-9H2,1H3. The Labute approximate surface area is 144 Å². The first-order chi connectivity index (χ1) is 11.0. The van der Waals surface area contributed by atoms with Crippen LogP contribution in [0.5, 0.6) is 0 Å². The molecule has 1 aliphatic carbocycles. The first-order valence-corrected chi connectivity index (χ1v) is 8.47. The number of nitrogens with zero attached hydrogens (tertiary/aromatic N) is 3. The molecule has 0 saturated carbocycles. The molecule has 1 atom stereocenters. The summed E-state index contributed by atoms with van der Waals surface area (Å²) in [5.74, 6) is -0.135. The van der Waals surface area contributed by atoms with Gasteiger partial charge in [0.15, 0.2) is 0 Å².